The molecule has 3 N–H and O–H groups in total. The van der Waals surface area contributed by atoms with Crippen molar-refractivity contribution in [3.63, 3.8) is 0 Å². The highest BCUT2D eigenvalue weighted by Gasteiger charge is 2.65. The maximum Gasteiger partial charge on any atom is 0.442 e. The van der Waals surface area contributed by atoms with E-state index in [4.69, 9.17) is 10.8 Å². The Morgan fingerprint density at radius 1 is 1.30 bits per heavy atom. The third-order valence-corrected chi connectivity index (χ3v) is 2.82. The highest BCUT2D eigenvalue weighted by molar-refractivity contribution is 5.85. The Hall–Kier alpha value is -1.67. The highest BCUT2D eigenvalue weighted by atomic mass is 35.5. The molecule has 1 heterocycles. The van der Waals surface area contributed by atoms with Crippen LogP contribution in [0.2, 0.25) is 0 Å². The van der Waals surface area contributed by atoms with Crippen LogP contribution in [0, 0.1) is 0 Å². The van der Waals surface area contributed by atoms with Crippen LogP contribution < -0.4 is 5.73 Å². The molecular formula is C11H11ClF3N3O2. The van der Waals surface area contributed by atoms with Crippen LogP contribution in [-0.4, -0.2) is 23.3 Å². The van der Waals surface area contributed by atoms with Crippen LogP contribution in [0.1, 0.15) is 11.1 Å². The fourth-order valence-corrected chi connectivity index (χ4v) is 1.66. The second-order valence-electron chi connectivity index (χ2n) is 4.22. The van der Waals surface area contributed by atoms with Gasteiger partial charge in [-0.3, -0.25) is 4.79 Å². The zero-order valence-corrected chi connectivity index (χ0v) is 10.8. The lowest BCUT2D eigenvalue weighted by Crippen LogP contribution is -2.32. The SMILES string of the molecule is Cl.NC(Cc1ccc(C2(C(F)(F)F)N=N2)cc1)C(=O)O. The number of aliphatic carboxylic acids is 1. The molecule has 1 unspecified atom stereocenters. The molecule has 0 saturated heterocycles. The van der Waals surface area contributed by atoms with E-state index in [2.05, 4.69) is 10.2 Å². The van der Waals surface area contributed by atoms with Gasteiger partial charge in [0.2, 0.25) is 0 Å². The minimum atomic E-state index is -4.56. The van der Waals surface area contributed by atoms with E-state index in [-0.39, 0.29) is 24.4 Å². The van der Waals surface area contributed by atoms with E-state index < -0.39 is 23.9 Å². The Labute approximate surface area is 118 Å². The summed E-state index contributed by atoms with van der Waals surface area (Å²) in [5.74, 6) is -1.16. The summed E-state index contributed by atoms with van der Waals surface area (Å²) in [4.78, 5) is 10.6. The number of alkyl halides is 3. The fourth-order valence-electron chi connectivity index (χ4n) is 1.66. The summed E-state index contributed by atoms with van der Waals surface area (Å²) in [6, 6.07) is 4.18. The quantitative estimate of drug-likeness (QED) is 0.894. The van der Waals surface area contributed by atoms with E-state index in [1.807, 2.05) is 0 Å². The minimum Gasteiger partial charge on any atom is -0.480 e. The lowest BCUT2D eigenvalue weighted by molar-refractivity contribution is -0.166. The molecule has 2 rings (SSSR count). The van der Waals surface area contributed by atoms with E-state index in [1.165, 1.54) is 24.3 Å². The molecule has 110 valence electrons. The number of carbonyl (C=O) groups is 1. The molecule has 1 aromatic carbocycles. The molecule has 0 fully saturated rings. The van der Waals surface area contributed by atoms with Gasteiger partial charge in [0.05, 0.1) is 0 Å². The predicted octanol–water partition coefficient (Wildman–Crippen LogP) is 2.24. The normalized spacial score (nSPS) is 17.2. The first-order valence-corrected chi connectivity index (χ1v) is 5.35. The van der Waals surface area contributed by atoms with Crippen LogP contribution in [0.25, 0.3) is 0 Å². The van der Waals surface area contributed by atoms with Gasteiger partial charge in [-0.05, 0) is 12.0 Å². The van der Waals surface area contributed by atoms with Gasteiger partial charge in [0.1, 0.15) is 6.04 Å². The number of benzene rings is 1. The van der Waals surface area contributed by atoms with Crippen LogP contribution >= 0.6 is 12.4 Å². The van der Waals surface area contributed by atoms with Crippen molar-refractivity contribution >= 4 is 18.4 Å². The molecule has 0 aliphatic carbocycles. The largest absolute Gasteiger partial charge is 0.480 e. The topological polar surface area (TPSA) is 88.0 Å². The zero-order valence-electron chi connectivity index (χ0n) is 9.96. The molecule has 0 radical (unpaired) electrons. The van der Waals surface area contributed by atoms with Crippen LogP contribution in [0.5, 0.6) is 0 Å². The van der Waals surface area contributed by atoms with Crippen molar-refractivity contribution in [2.45, 2.75) is 24.3 Å². The monoisotopic (exact) mass is 309 g/mol. The van der Waals surface area contributed by atoms with Crippen LogP contribution in [-0.2, 0) is 16.9 Å². The summed E-state index contributed by atoms with van der Waals surface area (Å²) in [5, 5.41) is 14.8. The molecule has 1 atom stereocenters. The van der Waals surface area contributed by atoms with Gasteiger partial charge in [0.15, 0.2) is 0 Å². The summed E-state index contributed by atoms with van der Waals surface area (Å²) < 4.78 is 38.1. The van der Waals surface area contributed by atoms with Gasteiger partial charge in [-0.25, -0.2) is 0 Å². The number of rotatable bonds is 4. The van der Waals surface area contributed by atoms with Crippen LogP contribution in [0.3, 0.4) is 0 Å². The van der Waals surface area contributed by atoms with Gasteiger partial charge >= 0.3 is 17.8 Å². The second-order valence-corrected chi connectivity index (χ2v) is 4.22. The first kappa shape index (κ1) is 16.4. The third-order valence-electron chi connectivity index (χ3n) is 2.82. The van der Waals surface area contributed by atoms with Crippen molar-refractivity contribution in [2.75, 3.05) is 0 Å². The standard InChI is InChI=1S/C11H10F3N3O2.ClH/c12-11(13,14)10(16-17-10)7-3-1-6(2-4-7)5-8(15)9(18)19;/h1-4,8H,5,15H2,(H,18,19);1H. The maximum atomic E-state index is 12.7. The first-order valence-electron chi connectivity index (χ1n) is 5.35. The maximum absolute atomic E-state index is 12.7. The number of halogens is 4. The number of nitrogens with two attached hydrogens (primary N) is 1. The summed E-state index contributed by atoms with van der Waals surface area (Å²) in [6.07, 6.45) is -4.52. The minimum absolute atomic E-state index is 0. The van der Waals surface area contributed by atoms with E-state index in [9.17, 15) is 18.0 Å². The van der Waals surface area contributed by atoms with Crippen molar-refractivity contribution in [1.29, 1.82) is 0 Å². The van der Waals surface area contributed by atoms with Crippen LogP contribution in [0.15, 0.2) is 34.5 Å². The Balaban J connectivity index is 0.00000200. The van der Waals surface area contributed by atoms with Crippen molar-refractivity contribution in [2.24, 2.45) is 16.0 Å². The molecule has 0 saturated carbocycles. The van der Waals surface area contributed by atoms with Crippen molar-refractivity contribution in [1.82, 2.24) is 0 Å². The lowest BCUT2D eigenvalue weighted by Gasteiger charge is -2.15. The van der Waals surface area contributed by atoms with Gasteiger partial charge in [0.25, 0.3) is 0 Å². The zero-order chi connectivity index (χ0) is 14.3. The Morgan fingerprint density at radius 2 is 1.80 bits per heavy atom. The van der Waals surface area contributed by atoms with Gasteiger partial charge in [-0.15, -0.1) is 22.6 Å². The lowest BCUT2D eigenvalue weighted by atomic mass is 9.99. The van der Waals surface area contributed by atoms with Gasteiger partial charge in [-0.2, -0.15) is 13.2 Å². The fraction of sp³-hybridized carbons (Fsp3) is 0.364. The highest BCUT2D eigenvalue weighted by Crippen LogP contribution is 2.52. The summed E-state index contributed by atoms with van der Waals surface area (Å²) in [5.41, 5.74) is 3.34. The summed E-state index contributed by atoms with van der Waals surface area (Å²) >= 11 is 0. The molecular weight excluding hydrogens is 299 g/mol. The summed E-state index contributed by atoms with van der Waals surface area (Å²) in [6.45, 7) is 0. The van der Waals surface area contributed by atoms with Crippen molar-refractivity contribution in [3.8, 4) is 0 Å². The molecule has 0 spiro atoms. The molecule has 0 bridgehead atoms. The second kappa shape index (κ2) is 5.37. The molecule has 1 aliphatic heterocycles. The molecule has 0 aromatic heterocycles. The van der Waals surface area contributed by atoms with Crippen molar-refractivity contribution in [3.05, 3.63) is 35.4 Å². The Kier molecular flexibility index (Phi) is 4.40. The number of carboxylic acids is 1. The van der Waals surface area contributed by atoms with E-state index in [1.54, 1.807) is 0 Å². The molecule has 20 heavy (non-hydrogen) atoms. The molecule has 1 aliphatic rings. The summed E-state index contributed by atoms with van der Waals surface area (Å²) in [7, 11) is 0. The van der Waals surface area contributed by atoms with E-state index in [0.717, 1.165) is 0 Å². The predicted molar refractivity (Wildman–Crippen MR) is 65.6 cm³/mol. The first-order chi connectivity index (χ1) is 8.76. The smallest absolute Gasteiger partial charge is 0.442 e. The number of nitrogens with zero attached hydrogens (tertiary/aromatic N) is 2. The molecule has 0 amide bonds. The number of hydrogen-bond acceptors (Lipinski definition) is 4. The van der Waals surface area contributed by atoms with E-state index >= 15 is 0 Å². The average molecular weight is 310 g/mol. The van der Waals surface area contributed by atoms with E-state index in [0.29, 0.717) is 5.56 Å². The Morgan fingerprint density at radius 3 is 2.15 bits per heavy atom. The third kappa shape index (κ3) is 2.91. The Bertz CT molecular complexity index is 525. The number of hydrogen-bond donors (Lipinski definition) is 2. The van der Waals surface area contributed by atoms with Gasteiger partial charge < -0.3 is 10.8 Å². The molecule has 1 aromatic rings. The van der Waals surface area contributed by atoms with Crippen LogP contribution in [0.4, 0.5) is 13.2 Å². The average Bonchev–Trinajstić information content (AvgIpc) is 3.10. The van der Waals surface area contributed by atoms with Gasteiger partial charge in [-0.1, -0.05) is 24.3 Å². The molecule has 9 heteroatoms. The molecule has 5 nitrogen and oxygen atoms in total. The van der Waals surface area contributed by atoms with Gasteiger partial charge in [0, 0.05) is 5.56 Å². The number of carboxylic acid groups (broad SMARTS) is 1. The van der Waals surface area contributed by atoms with Crippen molar-refractivity contribution < 1.29 is 23.1 Å².